The minimum absolute atomic E-state index is 0.733. The van der Waals surface area contributed by atoms with Gasteiger partial charge in [0.05, 0.1) is 0 Å². The molecule has 0 bridgehead atoms. The first-order valence-corrected chi connectivity index (χ1v) is 6.84. The molecule has 1 aliphatic rings. The maximum Gasteiger partial charge on any atom is -0.0134 e. The van der Waals surface area contributed by atoms with E-state index in [0.29, 0.717) is 0 Å². The van der Waals surface area contributed by atoms with Gasteiger partial charge in [0.2, 0.25) is 0 Å². The Bertz CT molecular complexity index is 280. The standard InChI is InChI=1S/C16H28/c1-7-12(4)13(5)8-9-15-10-16(15)14(6)11(2)3/h8-9,11-12,14,16H,7,10H2,1-6H3. The van der Waals surface area contributed by atoms with Gasteiger partial charge in [-0.3, -0.25) is 0 Å². The van der Waals surface area contributed by atoms with Crippen molar-refractivity contribution in [2.24, 2.45) is 23.7 Å². The molecule has 0 nitrogen and oxygen atoms in total. The van der Waals surface area contributed by atoms with Crippen molar-refractivity contribution >= 4 is 0 Å². The smallest absolute Gasteiger partial charge is 0.0134 e. The summed E-state index contributed by atoms with van der Waals surface area (Å²) in [6.45, 7) is 13.9. The molecule has 1 rings (SSSR count). The molecule has 0 N–H and O–H groups in total. The fourth-order valence-electron chi connectivity index (χ4n) is 2.10. The van der Waals surface area contributed by atoms with Gasteiger partial charge in [-0.15, -0.1) is 0 Å². The first-order valence-electron chi connectivity index (χ1n) is 6.84. The molecule has 3 unspecified atom stereocenters. The van der Waals surface area contributed by atoms with Crippen molar-refractivity contribution in [3.63, 3.8) is 0 Å². The van der Waals surface area contributed by atoms with E-state index in [-0.39, 0.29) is 0 Å². The average Bonchev–Trinajstić information content (AvgIpc) is 3.02. The lowest BCUT2D eigenvalue weighted by Crippen LogP contribution is -2.05. The molecule has 3 atom stereocenters. The minimum atomic E-state index is 0.733. The van der Waals surface area contributed by atoms with Crippen LogP contribution in [-0.4, -0.2) is 0 Å². The first kappa shape index (κ1) is 13.5. The molecule has 0 aromatic rings. The molecular weight excluding hydrogens is 192 g/mol. The van der Waals surface area contributed by atoms with Crippen LogP contribution in [0.15, 0.2) is 23.3 Å². The Morgan fingerprint density at radius 1 is 1.31 bits per heavy atom. The van der Waals surface area contributed by atoms with Crippen LogP contribution in [0.5, 0.6) is 0 Å². The lowest BCUT2D eigenvalue weighted by molar-refractivity contribution is 0.381. The molecule has 0 heteroatoms. The van der Waals surface area contributed by atoms with Crippen molar-refractivity contribution in [3.8, 4) is 0 Å². The Labute approximate surface area is 102 Å². The summed E-state index contributed by atoms with van der Waals surface area (Å²) in [5.41, 5.74) is 3.20. The summed E-state index contributed by atoms with van der Waals surface area (Å²) < 4.78 is 0. The largest absolute Gasteiger partial charge is 0.0705 e. The SMILES string of the molecule is CCC(C)C(C)=CC=C1CC1C(C)C(C)C. The second-order valence-corrected chi connectivity index (χ2v) is 5.88. The van der Waals surface area contributed by atoms with Gasteiger partial charge in [0.1, 0.15) is 0 Å². The number of hydrogen-bond donors (Lipinski definition) is 0. The number of rotatable bonds is 5. The molecule has 1 fully saturated rings. The van der Waals surface area contributed by atoms with Crippen LogP contribution < -0.4 is 0 Å². The Hall–Kier alpha value is -0.520. The van der Waals surface area contributed by atoms with Crippen LogP contribution in [0.2, 0.25) is 0 Å². The molecule has 1 aliphatic carbocycles. The predicted octanol–water partition coefficient (Wildman–Crippen LogP) is 5.22. The fourth-order valence-corrected chi connectivity index (χ4v) is 2.10. The van der Waals surface area contributed by atoms with Crippen LogP contribution in [-0.2, 0) is 0 Å². The summed E-state index contributed by atoms with van der Waals surface area (Å²) in [5, 5.41) is 0. The summed E-state index contributed by atoms with van der Waals surface area (Å²) >= 11 is 0. The summed E-state index contributed by atoms with van der Waals surface area (Å²) in [5.74, 6) is 3.27. The zero-order valence-corrected chi connectivity index (χ0v) is 11.9. The van der Waals surface area contributed by atoms with Crippen molar-refractivity contribution < 1.29 is 0 Å². The highest BCUT2D eigenvalue weighted by molar-refractivity contribution is 5.30. The van der Waals surface area contributed by atoms with Gasteiger partial charge >= 0.3 is 0 Å². The minimum Gasteiger partial charge on any atom is -0.0705 e. The van der Waals surface area contributed by atoms with Crippen LogP contribution in [0.25, 0.3) is 0 Å². The summed E-state index contributed by atoms with van der Waals surface area (Å²) in [6.07, 6.45) is 7.31. The average molecular weight is 220 g/mol. The zero-order chi connectivity index (χ0) is 12.3. The van der Waals surface area contributed by atoms with Crippen LogP contribution in [0.1, 0.15) is 54.4 Å². The van der Waals surface area contributed by atoms with Gasteiger partial charge < -0.3 is 0 Å². The first-order chi connectivity index (χ1) is 7.47. The molecule has 0 aromatic heterocycles. The Morgan fingerprint density at radius 3 is 2.44 bits per heavy atom. The van der Waals surface area contributed by atoms with Gasteiger partial charge in [-0.2, -0.15) is 0 Å². The molecule has 1 saturated carbocycles. The summed E-state index contributed by atoms with van der Waals surface area (Å²) in [6, 6.07) is 0. The van der Waals surface area contributed by atoms with Crippen LogP contribution in [0.4, 0.5) is 0 Å². The molecule has 0 spiro atoms. The zero-order valence-electron chi connectivity index (χ0n) is 11.9. The van der Waals surface area contributed by atoms with E-state index in [9.17, 15) is 0 Å². The van der Waals surface area contributed by atoms with Gasteiger partial charge in [0, 0.05) is 0 Å². The second-order valence-electron chi connectivity index (χ2n) is 5.88. The maximum atomic E-state index is 2.39. The van der Waals surface area contributed by atoms with E-state index in [1.54, 1.807) is 5.57 Å². The molecule has 0 heterocycles. The third-order valence-electron chi connectivity index (χ3n) is 4.41. The third-order valence-corrected chi connectivity index (χ3v) is 4.41. The van der Waals surface area contributed by atoms with Crippen molar-refractivity contribution in [2.45, 2.75) is 54.4 Å². The predicted molar refractivity (Wildman–Crippen MR) is 73.4 cm³/mol. The van der Waals surface area contributed by atoms with Crippen LogP contribution in [0, 0.1) is 23.7 Å². The van der Waals surface area contributed by atoms with E-state index in [0.717, 1.165) is 23.7 Å². The lowest BCUT2D eigenvalue weighted by atomic mass is 9.93. The van der Waals surface area contributed by atoms with Gasteiger partial charge in [0.15, 0.2) is 0 Å². The number of allylic oxidation sites excluding steroid dienone is 4. The third kappa shape index (κ3) is 3.50. The van der Waals surface area contributed by atoms with E-state index in [1.165, 1.54) is 18.4 Å². The van der Waals surface area contributed by atoms with Crippen molar-refractivity contribution in [3.05, 3.63) is 23.3 Å². The highest BCUT2D eigenvalue weighted by Crippen LogP contribution is 2.46. The highest BCUT2D eigenvalue weighted by atomic mass is 14.4. The van der Waals surface area contributed by atoms with Crippen molar-refractivity contribution in [1.29, 1.82) is 0 Å². The molecule has 16 heavy (non-hydrogen) atoms. The van der Waals surface area contributed by atoms with Gasteiger partial charge in [-0.05, 0) is 43.4 Å². The van der Waals surface area contributed by atoms with Crippen molar-refractivity contribution in [1.82, 2.24) is 0 Å². The molecular formula is C16H28. The second kappa shape index (κ2) is 5.70. The topological polar surface area (TPSA) is 0 Å². The van der Waals surface area contributed by atoms with E-state index < -0.39 is 0 Å². The van der Waals surface area contributed by atoms with Crippen LogP contribution in [0.3, 0.4) is 0 Å². The summed E-state index contributed by atoms with van der Waals surface area (Å²) in [4.78, 5) is 0. The fraction of sp³-hybridized carbons (Fsp3) is 0.750. The van der Waals surface area contributed by atoms with Gasteiger partial charge in [-0.1, -0.05) is 57.9 Å². The lowest BCUT2D eigenvalue weighted by Gasteiger charge is -2.13. The van der Waals surface area contributed by atoms with Crippen molar-refractivity contribution in [2.75, 3.05) is 0 Å². The van der Waals surface area contributed by atoms with Gasteiger partial charge in [0.25, 0.3) is 0 Å². The molecule has 0 radical (unpaired) electrons. The highest BCUT2D eigenvalue weighted by Gasteiger charge is 2.35. The molecule has 0 aromatic carbocycles. The van der Waals surface area contributed by atoms with E-state index in [2.05, 4.69) is 53.7 Å². The molecule has 92 valence electrons. The molecule has 0 saturated heterocycles. The van der Waals surface area contributed by atoms with E-state index in [1.807, 2.05) is 0 Å². The maximum absolute atomic E-state index is 2.39. The quantitative estimate of drug-likeness (QED) is 0.596. The van der Waals surface area contributed by atoms with E-state index >= 15 is 0 Å². The Balaban J connectivity index is 2.51. The normalized spacial score (nSPS) is 27.3. The van der Waals surface area contributed by atoms with Crippen LogP contribution >= 0.6 is 0 Å². The van der Waals surface area contributed by atoms with Gasteiger partial charge in [-0.25, -0.2) is 0 Å². The Morgan fingerprint density at radius 2 is 1.94 bits per heavy atom. The monoisotopic (exact) mass is 220 g/mol. The molecule has 0 amide bonds. The number of hydrogen-bond acceptors (Lipinski definition) is 0. The summed E-state index contributed by atoms with van der Waals surface area (Å²) in [7, 11) is 0. The van der Waals surface area contributed by atoms with E-state index in [4.69, 9.17) is 0 Å². The Kier molecular flexibility index (Phi) is 4.83. The molecule has 0 aliphatic heterocycles.